The zero-order chi connectivity index (χ0) is 13.4. The molecule has 0 unspecified atom stereocenters. The number of aryl methyl sites for hydroxylation is 1. The lowest BCUT2D eigenvalue weighted by molar-refractivity contribution is -0.129. The first-order chi connectivity index (χ1) is 9.13. The second-order valence-corrected chi connectivity index (χ2v) is 5.60. The highest BCUT2D eigenvalue weighted by Crippen LogP contribution is 2.30. The van der Waals surface area contributed by atoms with Crippen LogP contribution in [0.1, 0.15) is 36.9 Å². The van der Waals surface area contributed by atoms with Crippen LogP contribution in [0.25, 0.3) is 10.9 Å². The molecule has 3 rings (SSSR count). The molecule has 19 heavy (non-hydrogen) atoms. The molecule has 0 radical (unpaired) electrons. The predicted molar refractivity (Wildman–Crippen MR) is 77.3 cm³/mol. The van der Waals surface area contributed by atoms with Gasteiger partial charge in [0.15, 0.2) is 0 Å². The molecule has 0 atom stereocenters. The summed E-state index contributed by atoms with van der Waals surface area (Å²) in [6.45, 7) is 5.55. The maximum Gasteiger partial charge on any atom is 0.219 e. The molecular weight excluding hydrogens is 236 g/mol. The molecule has 100 valence electrons. The Kier molecular flexibility index (Phi) is 3.05. The number of carbonyl (C=O) groups excluding carboxylic acids is 1. The fourth-order valence-electron chi connectivity index (χ4n) is 3.00. The lowest BCUT2D eigenvalue weighted by atomic mass is 9.93. The SMILES string of the molecule is CC(=O)N1CCC(c2cc3cc(C)ccc3[nH]2)CC1. The molecule has 3 heteroatoms. The number of piperidine rings is 1. The maximum absolute atomic E-state index is 11.3. The van der Waals surface area contributed by atoms with Crippen molar-refractivity contribution in [2.24, 2.45) is 0 Å². The second kappa shape index (κ2) is 4.72. The molecular formula is C16H20N2O. The van der Waals surface area contributed by atoms with Crippen molar-refractivity contribution >= 4 is 16.8 Å². The van der Waals surface area contributed by atoms with Gasteiger partial charge in [0, 0.05) is 37.1 Å². The maximum atomic E-state index is 11.3. The minimum atomic E-state index is 0.200. The van der Waals surface area contributed by atoms with Crippen LogP contribution in [0.4, 0.5) is 0 Å². The predicted octanol–water partition coefficient (Wildman–Crippen LogP) is 3.20. The van der Waals surface area contributed by atoms with E-state index in [9.17, 15) is 4.79 Å². The zero-order valence-electron chi connectivity index (χ0n) is 11.6. The summed E-state index contributed by atoms with van der Waals surface area (Å²) < 4.78 is 0. The van der Waals surface area contributed by atoms with Gasteiger partial charge in [-0.05, 0) is 43.4 Å². The number of rotatable bonds is 1. The molecule has 0 spiro atoms. The number of nitrogens with one attached hydrogen (secondary N) is 1. The molecule has 1 aliphatic heterocycles. The monoisotopic (exact) mass is 256 g/mol. The number of carbonyl (C=O) groups is 1. The highest BCUT2D eigenvalue weighted by molar-refractivity contribution is 5.81. The number of nitrogens with zero attached hydrogens (tertiary/aromatic N) is 1. The van der Waals surface area contributed by atoms with Gasteiger partial charge in [0.05, 0.1) is 0 Å². The van der Waals surface area contributed by atoms with E-state index in [2.05, 4.69) is 36.2 Å². The fraction of sp³-hybridized carbons (Fsp3) is 0.438. The van der Waals surface area contributed by atoms with Crippen LogP contribution in [0, 0.1) is 6.92 Å². The summed E-state index contributed by atoms with van der Waals surface area (Å²) in [5.41, 5.74) is 3.84. The van der Waals surface area contributed by atoms with Crippen molar-refractivity contribution in [2.75, 3.05) is 13.1 Å². The summed E-state index contributed by atoms with van der Waals surface area (Å²) in [7, 11) is 0. The Balaban J connectivity index is 1.80. The van der Waals surface area contributed by atoms with Crippen molar-refractivity contribution in [3.8, 4) is 0 Å². The molecule has 2 aromatic rings. The van der Waals surface area contributed by atoms with Gasteiger partial charge >= 0.3 is 0 Å². The van der Waals surface area contributed by atoms with Crippen molar-refractivity contribution in [3.63, 3.8) is 0 Å². The minimum absolute atomic E-state index is 0.200. The lowest BCUT2D eigenvalue weighted by Gasteiger charge is -2.30. The summed E-state index contributed by atoms with van der Waals surface area (Å²) in [6, 6.07) is 8.79. The number of aromatic amines is 1. The molecule has 1 aromatic heterocycles. The van der Waals surface area contributed by atoms with Crippen LogP contribution in [0.5, 0.6) is 0 Å². The van der Waals surface area contributed by atoms with Crippen LogP contribution >= 0.6 is 0 Å². The van der Waals surface area contributed by atoms with Crippen LogP contribution in [-0.4, -0.2) is 28.9 Å². The summed E-state index contributed by atoms with van der Waals surface area (Å²) >= 11 is 0. The third-order valence-corrected chi connectivity index (χ3v) is 4.18. The summed E-state index contributed by atoms with van der Waals surface area (Å²) in [5.74, 6) is 0.758. The zero-order valence-corrected chi connectivity index (χ0v) is 11.6. The van der Waals surface area contributed by atoms with Gasteiger partial charge in [-0.3, -0.25) is 4.79 Å². The van der Waals surface area contributed by atoms with Gasteiger partial charge in [0.2, 0.25) is 5.91 Å². The van der Waals surface area contributed by atoms with Crippen LogP contribution in [0.15, 0.2) is 24.3 Å². The topological polar surface area (TPSA) is 36.1 Å². The molecule has 1 aliphatic rings. The highest BCUT2D eigenvalue weighted by atomic mass is 16.2. The largest absolute Gasteiger partial charge is 0.358 e. The van der Waals surface area contributed by atoms with E-state index in [0.717, 1.165) is 25.9 Å². The van der Waals surface area contributed by atoms with E-state index in [1.807, 2.05) is 4.90 Å². The van der Waals surface area contributed by atoms with Crippen molar-refractivity contribution in [1.82, 2.24) is 9.88 Å². The Morgan fingerprint density at radius 3 is 2.68 bits per heavy atom. The first kappa shape index (κ1) is 12.3. The lowest BCUT2D eigenvalue weighted by Crippen LogP contribution is -2.36. The standard InChI is InChI=1S/C16H20N2O/c1-11-3-4-15-14(9-11)10-16(17-15)13-5-7-18(8-6-13)12(2)19/h3-4,9-10,13,17H,5-8H2,1-2H3. The Hall–Kier alpha value is -1.77. The van der Waals surface area contributed by atoms with Gasteiger partial charge in [-0.15, -0.1) is 0 Å². The third kappa shape index (κ3) is 2.37. The van der Waals surface area contributed by atoms with Crippen LogP contribution in [-0.2, 0) is 4.79 Å². The van der Waals surface area contributed by atoms with E-state index in [1.165, 1.54) is 22.2 Å². The number of likely N-dealkylation sites (tertiary alicyclic amines) is 1. The smallest absolute Gasteiger partial charge is 0.219 e. The summed E-state index contributed by atoms with van der Waals surface area (Å²) in [4.78, 5) is 16.8. The Morgan fingerprint density at radius 2 is 2.00 bits per heavy atom. The molecule has 1 saturated heterocycles. The summed E-state index contributed by atoms with van der Waals surface area (Å²) in [6.07, 6.45) is 2.12. The molecule has 1 N–H and O–H groups in total. The second-order valence-electron chi connectivity index (χ2n) is 5.60. The number of aromatic nitrogens is 1. The number of benzene rings is 1. The van der Waals surface area contributed by atoms with E-state index in [0.29, 0.717) is 5.92 Å². The van der Waals surface area contributed by atoms with Crippen LogP contribution in [0.3, 0.4) is 0 Å². The van der Waals surface area contributed by atoms with Gasteiger partial charge in [0.25, 0.3) is 0 Å². The van der Waals surface area contributed by atoms with Crippen molar-refractivity contribution in [2.45, 2.75) is 32.6 Å². The van der Waals surface area contributed by atoms with Crippen molar-refractivity contribution < 1.29 is 4.79 Å². The molecule has 1 fully saturated rings. The normalized spacial score (nSPS) is 17.1. The number of H-pyrrole nitrogens is 1. The average molecular weight is 256 g/mol. The van der Waals surface area contributed by atoms with Gasteiger partial charge in [0.1, 0.15) is 0 Å². The number of hydrogen-bond acceptors (Lipinski definition) is 1. The first-order valence-corrected chi connectivity index (χ1v) is 6.98. The van der Waals surface area contributed by atoms with Crippen molar-refractivity contribution in [3.05, 3.63) is 35.5 Å². The van der Waals surface area contributed by atoms with Crippen molar-refractivity contribution in [1.29, 1.82) is 0 Å². The minimum Gasteiger partial charge on any atom is -0.358 e. The van der Waals surface area contributed by atoms with Crippen LogP contribution < -0.4 is 0 Å². The molecule has 0 saturated carbocycles. The quantitative estimate of drug-likeness (QED) is 0.835. The van der Waals surface area contributed by atoms with E-state index >= 15 is 0 Å². The van der Waals surface area contributed by atoms with Gasteiger partial charge in [-0.1, -0.05) is 11.6 Å². The molecule has 0 bridgehead atoms. The number of hydrogen-bond donors (Lipinski definition) is 1. The number of amides is 1. The Bertz CT molecular complexity index is 606. The molecule has 1 amide bonds. The van der Waals surface area contributed by atoms with Gasteiger partial charge in [-0.25, -0.2) is 0 Å². The average Bonchev–Trinajstić information content (AvgIpc) is 2.81. The van der Waals surface area contributed by atoms with E-state index < -0.39 is 0 Å². The Labute approximate surface area is 113 Å². The van der Waals surface area contributed by atoms with Gasteiger partial charge in [-0.2, -0.15) is 0 Å². The highest BCUT2D eigenvalue weighted by Gasteiger charge is 2.22. The van der Waals surface area contributed by atoms with Crippen LogP contribution in [0.2, 0.25) is 0 Å². The summed E-state index contributed by atoms with van der Waals surface area (Å²) in [5, 5.41) is 1.30. The molecule has 1 aromatic carbocycles. The van der Waals surface area contributed by atoms with E-state index in [4.69, 9.17) is 0 Å². The van der Waals surface area contributed by atoms with Gasteiger partial charge < -0.3 is 9.88 Å². The number of fused-ring (bicyclic) bond motifs is 1. The molecule has 2 heterocycles. The third-order valence-electron chi connectivity index (χ3n) is 4.18. The van der Waals surface area contributed by atoms with E-state index in [-0.39, 0.29) is 5.91 Å². The molecule has 3 nitrogen and oxygen atoms in total. The first-order valence-electron chi connectivity index (χ1n) is 6.98. The molecule has 0 aliphatic carbocycles. The Morgan fingerprint density at radius 1 is 1.26 bits per heavy atom. The fourth-order valence-corrected chi connectivity index (χ4v) is 3.00. The van der Waals surface area contributed by atoms with E-state index in [1.54, 1.807) is 6.92 Å².